The Labute approximate surface area is 289 Å². The van der Waals surface area contributed by atoms with E-state index >= 15 is 0 Å². The van der Waals surface area contributed by atoms with Crippen molar-refractivity contribution < 1.29 is 10.2 Å². The topological polar surface area (TPSA) is 66.2 Å². The molecule has 0 saturated carbocycles. The van der Waals surface area contributed by atoms with E-state index in [0.29, 0.717) is 0 Å². The predicted octanol–water partition coefficient (Wildman–Crippen LogP) is 11.9. The van der Waals surface area contributed by atoms with Crippen molar-refractivity contribution in [1.29, 1.82) is 0 Å². The Bertz CT molecular complexity index is 1740. The fraction of sp³-hybridized carbons (Fsp3) is 0.409. The maximum absolute atomic E-state index is 11.4. The Balaban J connectivity index is 1.73. The number of hydrogen-bond donors (Lipinski definition) is 2. The molecule has 4 heteroatoms. The minimum Gasteiger partial charge on any atom is -0.507 e. The van der Waals surface area contributed by atoms with Crippen LogP contribution in [0.1, 0.15) is 131 Å². The number of nitrogens with zero attached hydrogens (tertiary/aromatic N) is 2. The molecule has 0 radical (unpaired) electrons. The number of pyridine rings is 2. The molecule has 0 amide bonds. The van der Waals surface area contributed by atoms with Crippen LogP contribution in [-0.2, 0) is 21.7 Å². The fourth-order valence-electron chi connectivity index (χ4n) is 5.70. The van der Waals surface area contributed by atoms with Crippen LogP contribution in [0, 0.1) is 0 Å². The first-order valence-corrected chi connectivity index (χ1v) is 17.0. The van der Waals surface area contributed by atoms with Gasteiger partial charge in [0.25, 0.3) is 0 Å². The van der Waals surface area contributed by atoms with E-state index in [4.69, 9.17) is 9.97 Å². The van der Waals surface area contributed by atoms with Crippen LogP contribution in [0.25, 0.3) is 33.7 Å². The minimum atomic E-state index is -0.218. The Morgan fingerprint density at radius 3 is 1.12 bits per heavy atom. The lowest BCUT2D eigenvalue weighted by Crippen LogP contribution is -2.17. The first-order chi connectivity index (χ1) is 22.0. The summed E-state index contributed by atoms with van der Waals surface area (Å²) < 4.78 is 0. The minimum absolute atomic E-state index is 0.0768. The fourth-order valence-corrected chi connectivity index (χ4v) is 5.70. The van der Waals surface area contributed by atoms with E-state index in [0.717, 1.165) is 56.2 Å². The Morgan fingerprint density at radius 2 is 0.833 bits per heavy atom. The van der Waals surface area contributed by atoms with Gasteiger partial charge in [0.05, 0.1) is 22.8 Å². The molecule has 2 aromatic heterocycles. The van der Waals surface area contributed by atoms with Gasteiger partial charge in [0.2, 0.25) is 0 Å². The van der Waals surface area contributed by atoms with Gasteiger partial charge in [-0.15, -0.1) is 0 Å². The number of aromatic hydroxyl groups is 2. The number of hydrogen-bond acceptors (Lipinski definition) is 4. The number of rotatable bonds is 5. The average Bonchev–Trinajstić information content (AvgIpc) is 2.97. The number of benzene rings is 2. The third-order valence-corrected chi connectivity index (χ3v) is 9.01. The Hall–Kier alpha value is -4.18. The van der Waals surface area contributed by atoms with Crippen molar-refractivity contribution in [2.45, 2.75) is 119 Å². The number of phenols is 2. The van der Waals surface area contributed by atoms with Crippen molar-refractivity contribution >= 4 is 11.1 Å². The maximum Gasteiger partial charge on any atom is 0.128 e. The normalized spacial score (nSPS) is 13.6. The van der Waals surface area contributed by atoms with Gasteiger partial charge >= 0.3 is 0 Å². The number of allylic oxidation sites excluding steroid dienone is 4. The maximum atomic E-state index is 11.4. The molecule has 48 heavy (non-hydrogen) atoms. The molecular weight excluding hydrogens is 588 g/mol. The van der Waals surface area contributed by atoms with Gasteiger partial charge in [0.15, 0.2) is 0 Å². The summed E-state index contributed by atoms with van der Waals surface area (Å²) in [6.07, 6.45) is 4.13. The van der Waals surface area contributed by atoms with Crippen molar-refractivity contribution in [1.82, 2.24) is 9.97 Å². The van der Waals surface area contributed by atoms with Crippen LogP contribution in [0.5, 0.6) is 11.5 Å². The van der Waals surface area contributed by atoms with Crippen LogP contribution in [0.2, 0.25) is 0 Å². The van der Waals surface area contributed by atoms with Gasteiger partial charge in [-0.1, -0.05) is 120 Å². The highest BCUT2D eigenvalue weighted by molar-refractivity contribution is 5.76. The lowest BCUT2D eigenvalue weighted by molar-refractivity contribution is 0.445. The predicted molar refractivity (Wildman–Crippen MR) is 205 cm³/mol. The summed E-state index contributed by atoms with van der Waals surface area (Å²) in [5.41, 5.74) is 10.3. The van der Waals surface area contributed by atoms with Crippen LogP contribution in [0.4, 0.5) is 0 Å². The molecule has 0 saturated heterocycles. The molecule has 2 aromatic carbocycles. The summed E-state index contributed by atoms with van der Waals surface area (Å²) in [6, 6.07) is 20.4. The van der Waals surface area contributed by atoms with E-state index in [1.165, 1.54) is 11.1 Å². The van der Waals surface area contributed by atoms with Crippen LogP contribution in [0.15, 0.2) is 72.8 Å². The molecule has 0 atom stereocenters. The molecular formula is C44H56N2O2. The molecule has 2 heterocycles. The monoisotopic (exact) mass is 644 g/mol. The van der Waals surface area contributed by atoms with Crippen molar-refractivity contribution in [2.75, 3.05) is 0 Å². The van der Waals surface area contributed by atoms with Gasteiger partial charge in [-0.25, -0.2) is 9.97 Å². The van der Waals surface area contributed by atoms with E-state index in [-0.39, 0.29) is 33.2 Å². The summed E-state index contributed by atoms with van der Waals surface area (Å²) in [6.45, 7) is 30.0. The number of phenolic OH excluding ortho intramolecular Hbond substituents is 2. The van der Waals surface area contributed by atoms with E-state index in [2.05, 4.69) is 133 Å². The van der Waals surface area contributed by atoms with Crippen molar-refractivity contribution in [3.63, 3.8) is 0 Å². The van der Waals surface area contributed by atoms with Gasteiger partial charge in [-0.05, 0) is 94.2 Å². The van der Waals surface area contributed by atoms with E-state index < -0.39 is 0 Å². The molecule has 4 rings (SSSR count). The lowest BCUT2D eigenvalue weighted by Gasteiger charge is -2.27. The summed E-state index contributed by atoms with van der Waals surface area (Å²) in [4.78, 5) is 10.0. The van der Waals surface area contributed by atoms with E-state index in [1.807, 2.05) is 36.4 Å². The van der Waals surface area contributed by atoms with E-state index in [1.54, 1.807) is 0 Å². The standard InChI is InChI=1S/C44H56N2O2/c1-27(35-17-15-19-37(45-35)31-23-29(41(3,4)5)25-33(39(31)47)43(9,10)11)21-22-28(2)36-18-16-20-38(46-36)32-24-30(42(6,7)8)26-34(40(32)48)44(12,13)14/h15-26,47-48H,1-14H3/b27-21+,28-22+. The number of aromatic nitrogens is 2. The van der Waals surface area contributed by atoms with Gasteiger partial charge < -0.3 is 10.2 Å². The van der Waals surface area contributed by atoms with Gasteiger partial charge in [0.1, 0.15) is 11.5 Å². The lowest BCUT2D eigenvalue weighted by atomic mass is 9.78. The molecule has 254 valence electrons. The van der Waals surface area contributed by atoms with Crippen molar-refractivity contribution in [3.05, 3.63) is 106 Å². The summed E-state index contributed by atoms with van der Waals surface area (Å²) in [5, 5.41) is 22.9. The van der Waals surface area contributed by atoms with Gasteiger partial charge in [-0.2, -0.15) is 0 Å². The zero-order valence-corrected chi connectivity index (χ0v) is 31.7. The summed E-state index contributed by atoms with van der Waals surface area (Å²) in [7, 11) is 0. The molecule has 0 fully saturated rings. The highest BCUT2D eigenvalue weighted by atomic mass is 16.3. The molecule has 4 aromatic rings. The Morgan fingerprint density at radius 1 is 0.500 bits per heavy atom. The third kappa shape index (κ3) is 8.09. The highest BCUT2D eigenvalue weighted by Crippen LogP contribution is 2.43. The molecule has 0 unspecified atom stereocenters. The largest absolute Gasteiger partial charge is 0.507 e. The molecule has 4 nitrogen and oxygen atoms in total. The van der Waals surface area contributed by atoms with Crippen LogP contribution < -0.4 is 0 Å². The molecule has 2 N–H and O–H groups in total. The molecule has 0 spiro atoms. The summed E-state index contributed by atoms with van der Waals surface area (Å²) in [5.74, 6) is 0.578. The average molecular weight is 645 g/mol. The molecule has 0 aliphatic heterocycles. The molecule has 0 bridgehead atoms. The SMILES string of the molecule is C/C(=C\C=C(/C)c1cccc(-c2cc(C(C)(C)C)cc(C(C)(C)C)c2O)n1)c1cccc(-c2cc(C(C)(C)C)cc(C(C)(C)C)c2O)n1. The highest BCUT2D eigenvalue weighted by Gasteiger charge is 2.27. The van der Waals surface area contributed by atoms with Gasteiger partial charge in [0, 0.05) is 22.3 Å². The quantitative estimate of drug-likeness (QED) is 0.212. The van der Waals surface area contributed by atoms with Crippen molar-refractivity contribution in [3.8, 4) is 34.0 Å². The third-order valence-electron chi connectivity index (χ3n) is 9.01. The first kappa shape index (κ1) is 36.7. The Kier molecular flexibility index (Phi) is 9.95. The van der Waals surface area contributed by atoms with Crippen LogP contribution in [0.3, 0.4) is 0 Å². The second-order valence-corrected chi connectivity index (χ2v) is 17.4. The second-order valence-electron chi connectivity index (χ2n) is 17.4. The van der Waals surface area contributed by atoms with Crippen LogP contribution in [-0.4, -0.2) is 20.2 Å². The van der Waals surface area contributed by atoms with Gasteiger partial charge in [-0.3, -0.25) is 0 Å². The summed E-state index contributed by atoms with van der Waals surface area (Å²) >= 11 is 0. The molecule has 0 aliphatic carbocycles. The zero-order valence-electron chi connectivity index (χ0n) is 31.7. The van der Waals surface area contributed by atoms with Crippen LogP contribution >= 0.6 is 0 Å². The zero-order chi connectivity index (χ0) is 36.0. The van der Waals surface area contributed by atoms with E-state index in [9.17, 15) is 10.2 Å². The first-order valence-electron chi connectivity index (χ1n) is 17.0. The smallest absolute Gasteiger partial charge is 0.128 e. The second kappa shape index (κ2) is 13.0. The van der Waals surface area contributed by atoms with Crippen molar-refractivity contribution in [2.24, 2.45) is 0 Å². The molecule has 0 aliphatic rings.